The number of hydrogen-bond acceptors (Lipinski definition) is 2. The molecule has 0 saturated carbocycles. The Bertz CT molecular complexity index is 326. The molecule has 0 radical (unpaired) electrons. The lowest BCUT2D eigenvalue weighted by Gasteiger charge is -2.07. The van der Waals surface area contributed by atoms with E-state index in [2.05, 4.69) is 6.92 Å². The number of rotatable bonds is 5. The first kappa shape index (κ1) is 11.0. The van der Waals surface area contributed by atoms with E-state index in [4.69, 9.17) is 5.73 Å². The Kier molecular flexibility index (Phi) is 3.95. The average Bonchev–Trinajstić information content (AvgIpc) is 2.50. The second-order valence-electron chi connectivity index (χ2n) is 3.77. The summed E-state index contributed by atoms with van der Waals surface area (Å²) in [4.78, 5) is 11.7. The van der Waals surface area contributed by atoms with Crippen molar-refractivity contribution in [3.8, 4) is 0 Å². The fourth-order valence-electron chi connectivity index (χ4n) is 1.41. The lowest BCUT2D eigenvalue weighted by molar-refractivity contribution is 0.474. The van der Waals surface area contributed by atoms with Crippen LogP contribution < -0.4 is 11.4 Å². The molecule has 80 valence electrons. The summed E-state index contributed by atoms with van der Waals surface area (Å²) in [7, 11) is 0. The Balaban J connectivity index is 2.74. The van der Waals surface area contributed by atoms with Crippen LogP contribution in [0.4, 0.5) is 0 Å². The van der Waals surface area contributed by atoms with Gasteiger partial charge in [0.25, 0.3) is 0 Å². The molecule has 4 heteroatoms. The summed E-state index contributed by atoms with van der Waals surface area (Å²) in [6, 6.07) is 0. The van der Waals surface area contributed by atoms with Crippen LogP contribution in [0.3, 0.4) is 0 Å². The Morgan fingerprint density at radius 3 is 2.64 bits per heavy atom. The minimum absolute atomic E-state index is 0.0761. The largest absolute Gasteiger partial charge is 0.330 e. The van der Waals surface area contributed by atoms with E-state index in [1.54, 1.807) is 9.13 Å². The van der Waals surface area contributed by atoms with Crippen molar-refractivity contribution in [2.24, 2.45) is 11.7 Å². The minimum Gasteiger partial charge on any atom is -0.330 e. The predicted molar refractivity (Wildman–Crippen MR) is 57.2 cm³/mol. The van der Waals surface area contributed by atoms with Crippen molar-refractivity contribution in [1.82, 2.24) is 9.13 Å². The molecule has 4 nitrogen and oxygen atoms in total. The maximum absolute atomic E-state index is 11.7. The highest BCUT2D eigenvalue weighted by atomic mass is 16.1. The Labute approximate surface area is 84.3 Å². The monoisotopic (exact) mass is 197 g/mol. The molecule has 0 aliphatic heterocycles. The normalized spacial score (nSPS) is 13.1. The van der Waals surface area contributed by atoms with E-state index < -0.39 is 0 Å². The van der Waals surface area contributed by atoms with Crippen LogP contribution in [0.15, 0.2) is 17.2 Å². The number of nitrogens with zero attached hydrogens (tertiary/aromatic N) is 2. The third-order valence-corrected chi connectivity index (χ3v) is 2.29. The van der Waals surface area contributed by atoms with E-state index >= 15 is 0 Å². The number of imidazole rings is 1. The van der Waals surface area contributed by atoms with Gasteiger partial charge in [-0.1, -0.05) is 13.8 Å². The molecule has 0 aliphatic rings. The zero-order valence-corrected chi connectivity index (χ0v) is 8.94. The highest BCUT2D eigenvalue weighted by Gasteiger charge is 2.05. The molecular weight excluding hydrogens is 178 g/mol. The summed E-state index contributed by atoms with van der Waals surface area (Å²) in [5.41, 5.74) is 5.59. The first-order chi connectivity index (χ1) is 6.69. The van der Waals surface area contributed by atoms with Gasteiger partial charge in [0.2, 0.25) is 0 Å². The van der Waals surface area contributed by atoms with Crippen molar-refractivity contribution in [3.05, 3.63) is 22.9 Å². The molecule has 0 spiro atoms. The van der Waals surface area contributed by atoms with Crippen molar-refractivity contribution >= 4 is 0 Å². The molecule has 14 heavy (non-hydrogen) atoms. The molecule has 1 aromatic rings. The van der Waals surface area contributed by atoms with Gasteiger partial charge in [-0.2, -0.15) is 0 Å². The van der Waals surface area contributed by atoms with Crippen molar-refractivity contribution < 1.29 is 0 Å². The quantitative estimate of drug-likeness (QED) is 0.753. The summed E-state index contributed by atoms with van der Waals surface area (Å²) in [5.74, 6) is 0.352. The van der Waals surface area contributed by atoms with Crippen molar-refractivity contribution in [3.63, 3.8) is 0 Å². The third kappa shape index (κ3) is 2.48. The standard InChI is InChI=1S/C10H19N3O/c1-3-4-12-5-6-13(10(12)14)8-9(2)7-11/h5-6,9H,3-4,7-8,11H2,1-2H3. The third-order valence-electron chi connectivity index (χ3n) is 2.29. The smallest absolute Gasteiger partial charge is 0.328 e. The number of aryl methyl sites for hydroxylation is 1. The van der Waals surface area contributed by atoms with E-state index in [-0.39, 0.29) is 5.69 Å². The summed E-state index contributed by atoms with van der Waals surface area (Å²) < 4.78 is 3.47. The molecule has 0 aromatic carbocycles. The molecule has 2 N–H and O–H groups in total. The fraction of sp³-hybridized carbons (Fsp3) is 0.700. The molecule has 0 bridgehead atoms. The van der Waals surface area contributed by atoms with Crippen LogP contribution in [0, 0.1) is 5.92 Å². The zero-order chi connectivity index (χ0) is 10.6. The molecule has 0 fully saturated rings. The van der Waals surface area contributed by atoms with Gasteiger partial charge in [0, 0.05) is 25.5 Å². The summed E-state index contributed by atoms with van der Waals surface area (Å²) in [6.07, 6.45) is 4.66. The van der Waals surface area contributed by atoms with Crippen LogP contribution in [-0.4, -0.2) is 15.7 Å². The van der Waals surface area contributed by atoms with Gasteiger partial charge in [-0.15, -0.1) is 0 Å². The fourth-order valence-corrected chi connectivity index (χ4v) is 1.41. The van der Waals surface area contributed by atoms with Gasteiger partial charge in [0.05, 0.1) is 0 Å². The van der Waals surface area contributed by atoms with E-state index in [1.165, 1.54) is 0 Å². The van der Waals surface area contributed by atoms with Gasteiger partial charge in [0.15, 0.2) is 0 Å². The summed E-state index contributed by atoms with van der Waals surface area (Å²) in [5, 5.41) is 0. The molecule has 1 heterocycles. The maximum atomic E-state index is 11.7. The van der Waals surface area contributed by atoms with Gasteiger partial charge >= 0.3 is 5.69 Å². The molecule has 1 rings (SSSR count). The van der Waals surface area contributed by atoms with E-state index in [0.29, 0.717) is 19.0 Å². The van der Waals surface area contributed by atoms with Crippen molar-refractivity contribution in [2.75, 3.05) is 6.54 Å². The van der Waals surface area contributed by atoms with Crippen LogP contribution in [0.25, 0.3) is 0 Å². The molecule has 1 aromatic heterocycles. The summed E-state index contributed by atoms with van der Waals surface area (Å²) in [6.45, 7) is 6.23. The van der Waals surface area contributed by atoms with Crippen LogP contribution in [0.1, 0.15) is 20.3 Å². The topological polar surface area (TPSA) is 52.9 Å². The number of hydrogen-bond donors (Lipinski definition) is 1. The molecule has 1 unspecified atom stereocenters. The zero-order valence-electron chi connectivity index (χ0n) is 8.94. The highest BCUT2D eigenvalue weighted by molar-refractivity contribution is 4.82. The molecule has 0 aliphatic carbocycles. The lowest BCUT2D eigenvalue weighted by atomic mass is 10.2. The first-order valence-electron chi connectivity index (χ1n) is 5.14. The minimum atomic E-state index is 0.0761. The maximum Gasteiger partial charge on any atom is 0.328 e. The Morgan fingerprint density at radius 2 is 2.07 bits per heavy atom. The first-order valence-corrected chi connectivity index (χ1v) is 5.14. The van der Waals surface area contributed by atoms with Gasteiger partial charge < -0.3 is 5.73 Å². The molecule has 0 amide bonds. The second kappa shape index (κ2) is 5.00. The lowest BCUT2D eigenvalue weighted by Crippen LogP contribution is -2.28. The van der Waals surface area contributed by atoms with Gasteiger partial charge in [-0.05, 0) is 18.9 Å². The number of aromatic nitrogens is 2. The van der Waals surface area contributed by atoms with Gasteiger partial charge in [-0.25, -0.2) is 4.79 Å². The molecule has 0 saturated heterocycles. The Morgan fingerprint density at radius 1 is 1.43 bits per heavy atom. The van der Waals surface area contributed by atoms with E-state index in [9.17, 15) is 4.79 Å². The van der Waals surface area contributed by atoms with Crippen molar-refractivity contribution in [1.29, 1.82) is 0 Å². The van der Waals surface area contributed by atoms with Crippen LogP contribution in [-0.2, 0) is 13.1 Å². The van der Waals surface area contributed by atoms with Crippen LogP contribution >= 0.6 is 0 Å². The van der Waals surface area contributed by atoms with E-state index in [0.717, 1.165) is 13.0 Å². The van der Waals surface area contributed by atoms with E-state index in [1.807, 2.05) is 19.3 Å². The second-order valence-corrected chi connectivity index (χ2v) is 3.77. The van der Waals surface area contributed by atoms with Crippen LogP contribution in [0.2, 0.25) is 0 Å². The predicted octanol–water partition coefficient (Wildman–Crippen LogP) is 0.655. The van der Waals surface area contributed by atoms with Crippen molar-refractivity contribution in [2.45, 2.75) is 33.4 Å². The van der Waals surface area contributed by atoms with Gasteiger partial charge in [0.1, 0.15) is 0 Å². The van der Waals surface area contributed by atoms with Gasteiger partial charge in [-0.3, -0.25) is 9.13 Å². The SMILES string of the molecule is CCCn1ccn(CC(C)CN)c1=O. The molecular formula is C10H19N3O. The average molecular weight is 197 g/mol. The van der Waals surface area contributed by atoms with Crippen LogP contribution in [0.5, 0.6) is 0 Å². The highest BCUT2D eigenvalue weighted by Crippen LogP contribution is 1.96. The summed E-state index contributed by atoms with van der Waals surface area (Å²) >= 11 is 0. The Hall–Kier alpha value is -1.03. The molecule has 1 atom stereocenters. The number of nitrogens with two attached hydrogens (primary N) is 1.